The molecule has 1 atom stereocenters. The maximum absolute atomic E-state index is 11.1. The highest BCUT2D eigenvalue weighted by molar-refractivity contribution is 5.87. The molecule has 1 rings (SSSR count). The first-order chi connectivity index (χ1) is 5.70. The molecule has 0 amide bonds. The van der Waals surface area contributed by atoms with Crippen LogP contribution in [0.3, 0.4) is 0 Å². The third kappa shape index (κ3) is 2.62. The summed E-state index contributed by atoms with van der Waals surface area (Å²) in [4.78, 5) is 21.5. The third-order valence-electron chi connectivity index (χ3n) is 1.84. The van der Waals surface area contributed by atoms with Crippen LogP contribution in [0, 0.1) is 0 Å². The van der Waals surface area contributed by atoms with Crippen LogP contribution in [0.1, 0.15) is 26.2 Å². The third-order valence-corrected chi connectivity index (χ3v) is 1.84. The molecule has 0 spiro atoms. The first-order valence-electron chi connectivity index (χ1n) is 4.16. The van der Waals surface area contributed by atoms with Gasteiger partial charge >= 0.3 is 11.9 Å². The zero-order valence-corrected chi connectivity index (χ0v) is 7.13. The fourth-order valence-electron chi connectivity index (χ4n) is 1.27. The van der Waals surface area contributed by atoms with Gasteiger partial charge in [0, 0.05) is 6.92 Å². The van der Waals surface area contributed by atoms with Crippen molar-refractivity contribution in [2.45, 2.75) is 32.2 Å². The molecule has 0 unspecified atom stereocenters. The average Bonchev–Trinajstić information content (AvgIpc) is 2.05. The zero-order chi connectivity index (χ0) is 8.97. The van der Waals surface area contributed by atoms with Gasteiger partial charge in [-0.2, -0.15) is 0 Å². The Morgan fingerprint density at radius 2 is 2.17 bits per heavy atom. The van der Waals surface area contributed by atoms with Gasteiger partial charge in [-0.1, -0.05) is 6.42 Å². The number of carbonyl (C=O) groups excluding carboxylic acids is 2. The van der Waals surface area contributed by atoms with E-state index in [2.05, 4.69) is 10.1 Å². The van der Waals surface area contributed by atoms with Crippen LogP contribution in [0.15, 0.2) is 0 Å². The number of hydrogen-bond donors (Lipinski definition) is 1. The fourth-order valence-corrected chi connectivity index (χ4v) is 1.27. The van der Waals surface area contributed by atoms with E-state index < -0.39 is 11.9 Å². The largest absolute Gasteiger partial charge is 0.392 e. The van der Waals surface area contributed by atoms with Crippen LogP contribution in [0.25, 0.3) is 0 Å². The molecule has 0 radical (unpaired) electrons. The normalized spacial score (nSPS) is 23.2. The zero-order valence-electron chi connectivity index (χ0n) is 7.13. The Kier molecular flexibility index (Phi) is 3.22. The molecule has 0 saturated carbocycles. The van der Waals surface area contributed by atoms with Crippen LogP contribution < -0.4 is 5.32 Å². The summed E-state index contributed by atoms with van der Waals surface area (Å²) >= 11 is 0. The van der Waals surface area contributed by atoms with Gasteiger partial charge < -0.3 is 10.1 Å². The first kappa shape index (κ1) is 9.19. The molecule has 0 bridgehead atoms. The molecule has 0 aromatic carbocycles. The Hall–Kier alpha value is -0.900. The summed E-state index contributed by atoms with van der Waals surface area (Å²) in [6.45, 7) is 2.07. The van der Waals surface area contributed by atoms with Crippen molar-refractivity contribution in [3.63, 3.8) is 0 Å². The van der Waals surface area contributed by atoms with E-state index in [1.807, 2.05) is 0 Å². The van der Waals surface area contributed by atoms with Gasteiger partial charge in [0.15, 0.2) is 0 Å². The number of nitrogens with one attached hydrogen (secondary N) is 1. The summed E-state index contributed by atoms with van der Waals surface area (Å²) in [6.07, 6.45) is 2.88. The SMILES string of the molecule is CC(=O)OC(=O)[C@@H]1CCCCN1. The minimum absolute atomic E-state index is 0.275. The molecule has 4 heteroatoms. The van der Waals surface area contributed by atoms with Crippen LogP contribution in [0.4, 0.5) is 0 Å². The Morgan fingerprint density at radius 1 is 1.42 bits per heavy atom. The van der Waals surface area contributed by atoms with Gasteiger partial charge in [0.05, 0.1) is 0 Å². The van der Waals surface area contributed by atoms with Crippen molar-refractivity contribution in [1.82, 2.24) is 5.32 Å². The van der Waals surface area contributed by atoms with Crippen molar-refractivity contribution in [3.8, 4) is 0 Å². The summed E-state index contributed by atoms with van der Waals surface area (Å²) in [5.41, 5.74) is 0. The lowest BCUT2D eigenvalue weighted by atomic mass is 10.1. The van der Waals surface area contributed by atoms with E-state index in [0.717, 1.165) is 25.8 Å². The molecule has 1 aliphatic rings. The molecule has 1 N–H and O–H groups in total. The highest BCUT2D eigenvalue weighted by atomic mass is 16.6. The molecule has 12 heavy (non-hydrogen) atoms. The summed E-state index contributed by atoms with van der Waals surface area (Å²) < 4.78 is 4.45. The number of piperidine rings is 1. The molecule has 1 aliphatic heterocycles. The van der Waals surface area contributed by atoms with E-state index in [0.29, 0.717) is 0 Å². The number of hydrogen-bond acceptors (Lipinski definition) is 4. The smallest absolute Gasteiger partial charge is 0.330 e. The summed E-state index contributed by atoms with van der Waals surface area (Å²) in [5.74, 6) is -0.977. The van der Waals surface area contributed by atoms with Gasteiger partial charge in [-0.3, -0.25) is 4.79 Å². The predicted molar refractivity (Wildman–Crippen MR) is 42.4 cm³/mol. The average molecular weight is 171 g/mol. The van der Waals surface area contributed by atoms with Crippen molar-refractivity contribution >= 4 is 11.9 Å². The van der Waals surface area contributed by atoms with E-state index in [1.54, 1.807) is 0 Å². The summed E-state index contributed by atoms with van der Waals surface area (Å²) in [7, 11) is 0. The van der Waals surface area contributed by atoms with Crippen molar-refractivity contribution < 1.29 is 14.3 Å². The lowest BCUT2D eigenvalue weighted by Crippen LogP contribution is -2.41. The Labute approximate surface area is 71.3 Å². The van der Waals surface area contributed by atoms with E-state index in [-0.39, 0.29) is 6.04 Å². The van der Waals surface area contributed by atoms with Gasteiger partial charge in [0.2, 0.25) is 0 Å². The van der Waals surface area contributed by atoms with Crippen molar-refractivity contribution in [2.75, 3.05) is 6.54 Å². The van der Waals surface area contributed by atoms with Crippen LogP contribution in [-0.2, 0) is 14.3 Å². The number of esters is 2. The van der Waals surface area contributed by atoms with E-state index in [9.17, 15) is 9.59 Å². The standard InChI is InChI=1S/C8H13NO3/c1-6(10)12-8(11)7-4-2-3-5-9-7/h7,9H,2-5H2,1H3/t7-/m0/s1. The summed E-state index contributed by atoms with van der Waals surface area (Å²) in [5, 5.41) is 3.00. The van der Waals surface area contributed by atoms with E-state index in [1.165, 1.54) is 6.92 Å². The van der Waals surface area contributed by atoms with Crippen molar-refractivity contribution in [3.05, 3.63) is 0 Å². The molecule has 1 saturated heterocycles. The topological polar surface area (TPSA) is 55.4 Å². The van der Waals surface area contributed by atoms with Gasteiger partial charge in [-0.05, 0) is 19.4 Å². The van der Waals surface area contributed by atoms with Crippen LogP contribution >= 0.6 is 0 Å². The second-order valence-corrected chi connectivity index (χ2v) is 2.92. The lowest BCUT2D eigenvalue weighted by molar-refractivity contribution is -0.160. The molecule has 4 nitrogen and oxygen atoms in total. The van der Waals surface area contributed by atoms with Gasteiger partial charge in [0.1, 0.15) is 6.04 Å². The minimum atomic E-state index is -0.535. The second-order valence-electron chi connectivity index (χ2n) is 2.92. The maximum atomic E-state index is 11.1. The number of ether oxygens (including phenoxy) is 1. The molecule has 0 aliphatic carbocycles. The molecule has 1 heterocycles. The Morgan fingerprint density at radius 3 is 2.67 bits per heavy atom. The highest BCUT2D eigenvalue weighted by Gasteiger charge is 2.22. The fraction of sp³-hybridized carbons (Fsp3) is 0.750. The number of rotatable bonds is 1. The van der Waals surface area contributed by atoms with Crippen molar-refractivity contribution in [1.29, 1.82) is 0 Å². The van der Waals surface area contributed by atoms with Crippen LogP contribution in [0.5, 0.6) is 0 Å². The second kappa shape index (κ2) is 4.21. The Bertz CT molecular complexity index is 185. The summed E-state index contributed by atoms with van der Waals surface area (Å²) in [6, 6.07) is -0.275. The minimum Gasteiger partial charge on any atom is -0.392 e. The van der Waals surface area contributed by atoms with Crippen LogP contribution in [-0.4, -0.2) is 24.5 Å². The monoisotopic (exact) mass is 171 g/mol. The van der Waals surface area contributed by atoms with Crippen molar-refractivity contribution in [2.24, 2.45) is 0 Å². The van der Waals surface area contributed by atoms with E-state index in [4.69, 9.17) is 0 Å². The predicted octanol–water partition coefficient (Wildman–Crippen LogP) is 0.218. The quantitative estimate of drug-likeness (QED) is 0.453. The molecule has 0 aromatic rings. The molecule has 1 fully saturated rings. The van der Waals surface area contributed by atoms with Gasteiger partial charge in [-0.15, -0.1) is 0 Å². The molecule has 68 valence electrons. The molecule has 0 aromatic heterocycles. The maximum Gasteiger partial charge on any atom is 0.330 e. The Balaban J connectivity index is 2.34. The van der Waals surface area contributed by atoms with Gasteiger partial charge in [0.25, 0.3) is 0 Å². The van der Waals surface area contributed by atoms with E-state index >= 15 is 0 Å². The first-order valence-corrected chi connectivity index (χ1v) is 4.16. The van der Waals surface area contributed by atoms with Gasteiger partial charge in [-0.25, -0.2) is 4.79 Å². The highest BCUT2D eigenvalue weighted by Crippen LogP contribution is 2.07. The number of carbonyl (C=O) groups is 2. The molecular formula is C8H13NO3. The van der Waals surface area contributed by atoms with Crippen LogP contribution in [0.2, 0.25) is 0 Å². The lowest BCUT2D eigenvalue weighted by Gasteiger charge is -2.20. The molecular weight excluding hydrogens is 158 g/mol.